The van der Waals surface area contributed by atoms with Gasteiger partial charge in [0.25, 0.3) is 0 Å². The van der Waals surface area contributed by atoms with E-state index in [1.165, 1.54) is 4.90 Å². The van der Waals surface area contributed by atoms with Crippen molar-refractivity contribution < 1.29 is 18.0 Å². The lowest BCUT2D eigenvalue weighted by atomic mass is 10.1. The molecule has 2 aromatic rings. The van der Waals surface area contributed by atoms with Crippen LogP contribution in [0.15, 0.2) is 54.6 Å². The van der Waals surface area contributed by atoms with Gasteiger partial charge in [-0.25, -0.2) is 8.42 Å². The average molecular weight is 460 g/mol. The van der Waals surface area contributed by atoms with Crippen molar-refractivity contribution in [2.24, 2.45) is 0 Å². The number of hydrogen-bond acceptors (Lipinski definition) is 4. The van der Waals surface area contributed by atoms with Crippen LogP contribution in [0, 0.1) is 6.92 Å². The number of para-hydroxylation sites is 1. The first-order chi connectivity index (χ1) is 15.1. The topological polar surface area (TPSA) is 86.8 Å². The molecule has 0 unspecified atom stereocenters. The average Bonchev–Trinajstić information content (AvgIpc) is 2.76. The molecule has 1 N–H and O–H groups in total. The maximum absolute atomic E-state index is 13.4. The molecule has 0 spiro atoms. The van der Waals surface area contributed by atoms with Crippen molar-refractivity contribution in [3.63, 3.8) is 0 Å². The molecule has 2 amide bonds. The zero-order valence-corrected chi connectivity index (χ0v) is 20.1. The summed E-state index contributed by atoms with van der Waals surface area (Å²) in [6.07, 6.45) is 2.86. The third-order valence-electron chi connectivity index (χ3n) is 5.32. The second-order valence-electron chi connectivity index (χ2n) is 7.87. The third kappa shape index (κ3) is 7.09. The summed E-state index contributed by atoms with van der Waals surface area (Å²) in [5.41, 5.74) is 2.30. The second-order valence-corrected chi connectivity index (χ2v) is 9.78. The van der Waals surface area contributed by atoms with Crippen LogP contribution in [0.2, 0.25) is 0 Å². The lowest BCUT2D eigenvalue weighted by Gasteiger charge is -2.31. The highest BCUT2D eigenvalue weighted by Crippen LogP contribution is 2.19. The van der Waals surface area contributed by atoms with Gasteiger partial charge in [-0.2, -0.15) is 0 Å². The van der Waals surface area contributed by atoms with Crippen molar-refractivity contribution >= 4 is 27.5 Å². The third-order valence-corrected chi connectivity index (χ3v) is 6.46. The lowest BCUT2D eigenvalue weighted by Crippen LogP contribution is -2.51. The summed E-state index contributed by atoms with van der Waals surface area (Å²) in [6.45, 7) is 6.00. The van der Waals surface area contributed by atoms with E-state index in [0.717, 1.165) is 34.5 Å². The fourth-order valence-electron chi connectivity index (χ4n) is 3.30. The largest absolute Gasteiger partial charge is 0.354 e. The molecule has 0 aliphatic heterocycles. The molecule has 0 aliphatic rings. The maximum Gasteiger partial charge on any atom is 0.244 e. The number of hydrogen-bond donors (Lipinski definition) is 1. The van der Waals surface area contributed by atoms with E-state index < -0.39 is 22.0 Å². The quantitative estimate of drug-likeness (QED) is 0.523. The molecular formula is C24H33N3O4S. The number of nitrogens with one attached hydrogen (secondary N) is 1. The molecule has 0 saturated heterocycles. The van der Waals surface area contributed by atoms with E-state index in [1.54, 1.807) is 37.3 Å². The van der Waals surface area contributed by atoms with E-state index in [0.29, 0.717) is 12.2 Å². The molecule has 0 aromatic heterocycles. The SMILES string of the molecule is CCCCNC(=O)[C@@H](C)N(Cc1ccccc1C)C(=O)CN(c1ccccc1)S(C)(=O)=O. The van der Waals surface area contributed by atoms with Crippen LogP contribution in [0.5, 0.6) is 0 Å². The van der Waals surface area contributed by atoms with Crippen LogP contribution in [0.4, 0.5) is 5.69 Å². The first-order valence-corrected chi connectivity index (χ1v) is 12.6. The Balaban J connectivity index is 2.33. The Hall–Kier alpha value is -2.87. The van der Waals surface area contributed by atoms with Crippen LogP contribution in [-0.2, 0) is 26.2 Å². The van der Waals surface area contributed by atoms with E-state index in [9.17, 15) is 18.0 Å². The Bertz CT molecular complexity index is 1010. The standard InChI is InChI=1S/C24H33N3O4S/c1-5-6-16-25-24(29)20(3)26(17-21-13-11-10-12-19(21)2)23(28)18-27(32(4,30)31)22-14-8-7-9-15-22/h7-15,20H,5-6,16-18H2,1-4H3,(H,25,29)/t20-/m1/s1. The van der Waals surface area contributed by atoms with E-state index >= 15 is 0 Å². The monoisotopic (exact) mass is 459 g/mol. The molecule has 0 bridgehead atoms. The number of rotatable bonds is 11. The highest BCUT2D eigenvalue weighted by atomic mass is 32.2. The predicted octanol–water partition coefficient (Wildman–Crippen LogP) is 3.09. The summed E-state index contributed by atoms with van der Waals surface area (Å²) in [5.74, 6) is -0.702. The minimum Gasteiger partial charge on any atom is -0.354 e. The van der Waals surface area contributed by atoms with Crippen LogP contribution in [0.25, 0.3) is 0 Å². The van der Waals surface area contributed by atoms with Gasteiger partial charge in [0.05, 0.1) is 11.9 Å². The van der Waals surface area contributed by atoms with E-state index in [2.05, 4.69) is 5.32 Å². The Morgan fingerprint density at radius 3 is 2.25 bits per heavy atom. The predicted molar refractivity (Wildman–Crippen MR) is 128 cm³/mol. The van der Waals surface area contributed by atoms with Crippen molar-refractivity contribution in [2.75, 3.05) is 23.7 Å². The zero-order chi connectivity index (χ0) is 23.7. The molecule has 0 saturated carbocycles. The smallest absolute Gasteiger partial charge is 0.244 e. The summed E-state index contributed by atoms with van der Waals surface area (Å²) in [5, 5.41) is 2.87. The molecule has 8 heteroatoms. The van der Waals surface area contributed by atoms with Gasteiger partial charge in [0.15, 0.2) is 0 Å². The Labute approximate surface area is 191 Å². The van der Waals surface area contributed by atoms with Gasteiger partial charge in [0.1, 0.15) is 12.6 Å². The second kappa shape index (κ2) is 11.7. The van der Waals surface area contributed by atoms with Crippen LogP contribution >= 0.6 is 0 Å². The first-order valence-electron chi connectivity index (χ1n) is 10.8. The molecule has 0 fully saturated rings. The molecule has 0 radical (unpaired) electrons. The summed E-state index contributed by atoms with van der Waals surface area (Å²) in [7, 11) is -3.71. The van der Waals surface area contributed by atoms with Gasteiger partial charge in [-0.1, -0.05) is 55.8 Å². The van der Waals surface area contributed by atoms with Crippen molar-refractivity contribution in [1.29, 1.82) is 0 Å². The molecular weight excluding hydrogens is 426 g/mol. The van der Waals surface area contributed by atoms with Gasteiger partial charge in [0, 0.05) is 13.1 Å². The molecule has 32 heavy (non-hydrogen) atoms. The van der Waals surface area contributed by atoms with Gasteiger partial charge >= 0.3 is 0 Å². The summed E-state index contributed by atoms with van der Waals surface area (Å²) < 4.78 is 26.0. The van der Waals surface area contributed by atoms with Crippen molar-refractivity contribution in [3.8, 4) is 0 Å². The number of carbonyl (C=O) groups is 2. The minimum absolute atomic E-state index is 0.209. The fourth-order valence-corrected chi connectivity index (χ4v) is 4.15. The first kappa shape index (κ1) is 25.4. The molecule has 2 aromatic carbocycles. The summed E-state index contributed by atoms with van der Waals surface area (Å²) in [6, 6.07) is 15.4. The van der Waals surface area contributed by atoms with Crippen molar-refractivity contribution in [1.82, 2.24) is 10.2 Å². The molecule has 1 atom stereocenters. The van der Waals surface area contributed by atoms with E-state index in [1.807, 2.05) is 38.1 Å². The van der Waals surface area contributed by atoms with Gasteiger partial charge in [-0.3, -0.25) is 13.9 Å². The minimum atomic E-state index is -3.71. The highest BCUT2D eigenvalue weighted by Gasteiger charge is 2.30. The Morgan fingerprint density at radius 2 is 1.66 bits per heavy atom. The molecule has 0 aliphatic carbocycles. The van der Waals surface area contributed by atoms with Gasteiger partial charge in [0.2, 0.25) is 21.8 Å². The fraction of sp³-hybridized carbons (Fsp3) is 0.417. The number of amides is 2. The van der Waals surface area contributed by atoms with Crippen LogP contribution in [0.3, 0.4) is 0 Å². The van der Waals surface area contributed by atoms with Crippen LogP contribution < -0.4 is 9.62 Å². The Kier molecular flexibility index (Phi) is 9.26. The molecule has 2 rings (SSSR count). The summed E-state index contributed by atoms with van der Waals surface area (Å²) >= 11 is 0. The number of nitrogens with zero attached hydrogens (tertiary/aromatic N) is 2. The molecule has 7 nitrogen and oxygen atoms in total. The highest BCUT2D eigenvalue weighted by molar-refractivity contribution is 7.92. The van der Waals surface area contributed by atoms with Gasteiger partial charge < -0.3 is 10.2 Å². The van der Waals surface area contributed by atoms with Crippen LogP contribution in [0.1, 0.15) is 37.8 Å². The van der Waals surface area contributed by atoms with Gasteiger partial charge in [-0.05, 0) is 43.5 Å². The number of aryl methyl sites for hydroxylation is 1. The van der Waals surface area contributed by atoms with E-state index in [4.69, 9.17) is 0 Å². The van der Waals surface area contributed by atoms with Crippen molar-refractivity contribution in [2.45, 2.75) is 46.2 Å². The zero-order valence-electron chi connectivity index (χ0n) is 19.2. The maximum atomic E-state index is 13.4. The number of sulfonamides is 1. The summed E-state index contributed by atoms with van der Waals surface area (Å²) in [4.78, 5) is 27.6. The van der Waals surface area contributed by atoms with Crippen LogP contribution in [-0.4, -0.2) is 50.5 Å². The normalized spacial score (nSPS) is 12.1. The number of benzene rings is 2. The molecule has 0 heterocycles. The lowest BCUT2D eigenvalue weighted by molar-refractivity contribution is -0.139. The Morgan fingerprint density at radius 1 is 1.03 bits per heavy atom. The van der Waals surface area contributed by atoms with Gasteiger partial charge in [-0.15, -0.1) is 0 Å². The van der Waals surface area contributed by atoms with Crippen molar-refractivity contribution in [3.05, 3.63) is 65.7 Å². The van der Waals surface area contributed by atoms with E-state index in [-0.39, 0.29) is 19.0 Å². The number of unbranched alkanes of at least 4 members (excludes halogenated alkanes) is 1. The molecule has 174 valence electrons. The number of carbonyl (C=O) groups excluding carboxylic acids is 2. The number of anilines is 1.